The van der Waals surface area contributed by atoms with Crippen molar-refractivity contribution in [2.45, 2.75) is 114 Å². The van der Waals surface area contributed by atoms with E-state index in [9.17, 15) is 10.2 Å². The molecule has 2 bridgehead atoms. The third-order valence-electron chi connectivity index (χ3n) is 13.8. The lowest BCUT2D eigenvalue weighted by Gasteiger charge is -2.57. The number of aliphatic hydroxyl groups is 1. The van der Waals surface area contributed by atoms with E-state index in [-0.39, 0.29) is 63.9 Å². The molecule has 5 fully saturated rings. The summed E-state index contributed by atoms with van der Waals surface area (Å²) in [6.07, 6.45) is 10.7. The zero-order valence-corrected chi connectivity index (χ0v) is 32.9. The molecule has 9 rings (SSSR count). The zero-order valence-electron chi connectivity index (χ0n) is 32.9. The number of aromatic hydroxyl groups is 1. The molecule has 0 amide bonds. The summed E-state index contributed by atoms with van der Waals surface area (Å²) in [4.78, 5) is 19.1. The van der Waals surface area contributed by atoms with Crippen LogP contribution in [0.5, 0.6) is 17.6 Å². The van der Waals surface area contributed by atoms with Crippen LogP contribution in [0.3, 0.4) is 0 Å². The van der Waals surface area contributed by atoms with Crippen LogP contribution < -0.4 is 14.4 Å². The number of aromatic nitrogens is 3. The molecule has 1 aliphatic carbocycles. The van der Waals surface area contributed by atoms with Crippen molar-refractivity contribution in [3.05, 3.63) is 41.5 Å². The van der Waals surface area contributed by atoms with Crippen LogP contribution in [-0.2, 0) is 15.9 Å². The van der Waals surface area contributed by atoms with Gasteiger partial charge in [-0.2, -0.15) is 9.97 Å². The molecular weight excluding hydrogens is 720 g/mol. The maximum absolute atomic E-state index is 17.5. The number of rotatable bonds is 8. The summed E-state index contributed by atoms with van der Waals surface area (Å²) in [6, 6.07) is 6.35. The van der Waals surface area contributed by atoms with Crippen molar-refractivity contribution in [1.82, 2.24) is 19.9 Å². The lowest BCUT2D eigenvalue weighted by molar-refractivity contribution is -0.120. The van der Waals surface area contributed by atoms with Crippen LogP contribution in [0.15, 0.2) is 24.3 Å². The minimum absolute atomic E-state index is 0.0151. The molecule has 0 radical (unpaired) electrons. The number of hydrogen-bond donors (Lipinski definition) is 2. The first kappa shape index (κ1) is 37.7. The standard InChI is InChI=1S/C43H53F2N5O6/c1-5-30-32(44)11-8-25-18-27(51)21-31(33(25)30)36-35(45)37-34(39(46-36)53-4)38(49-16-17-54-23-41(2,52)22-49)48-40(47-37)55-24-43-13-6-12-42(43,3)50(15-7-14-43)26-19-28-9-10-29(20-26)56-28/h8,11,18,21,26,28-29,51-52H,5-7,9-10,12-17,19-20,22-24H2,1-4H3/t26?,28?,29?,41-,42?,43+/m0/s1. The van der Waals surface area contributed by atoms with E-state index in [0.717, 1.165) is 64.3 Å². The number of pyridine rings is 1. The molecule has 3 unspecified atom stereocenters. The Morgan fingerprint density at radius 3 is 2.54 bits per heavy atom. The Balaban J connectivity index is 1.17. The molecule has 1 saturated carbocycles. The summed E-state index contributed by atoms with van der Waals surface area (Å²) in [7, 11) is 1.44. The monoisotopic (exact) mass is 773 g/mol. The first-order valence-electron chi connectivity index (χ1n) is 20.4. The summed E-state index contributed by atoms with van der Waals surface area (Å²) >= 11 is 0. The van der Waals surface area contributed by atoms with E-state index in [2.05, 4.69) is 16.8 Å². The van der Waals surface area contributed by atoms with Gasteiger partial charge in [0.2, 0.25) is 5.88 Å². The summed E-state index contributed by atoms with van der Waals surface area (Å²) in [5, 5.41) is 23.3. The van der Waals surface area contributed by atoms with Crippen molar-refractivity contribution in [2.24, 2.45) is 5.41 Å². The van der Waals surface area contributed by atoms with E-state index >= 15 is 8.78 Å². The van der Waals surface area contributed by atoms with Gasteiger partial charge in [-0.1, -0.05) is 19.4 Å². The van der Waals surface area contributed by atoms with Crippen molar-refractivity contribution in [3.8, 4) is 28.9 Å². The van der Waals surface area contributed by atoms with Crippen molar-refractivity contribution >= 4 is 27.5 Å². The number of benzene rings is 2. The molecule has 4 aliphatic heterocycles. The highest BCUT2D eigenvalue weighted by atomic mass is 19.1. The molecule has 0 spiro atoms. The molecule has 2 aromatic heterocycles. The Morgan fingerprint density at radius 1 is 0.982 bits per heavy atom. The van der Waals surface area contributed by atoms with Crippen LogP contribution in [-0.4, -0.2) is 106 Å². The molecule has 4 saturated heterocycles. The summed E-state index contributed by atoms with van der Waals surface area (Å²) in [5.74, 6) is -0.980. The van der Waals surface area contributed by atoms with Crippen LogP contribution in [0.25, 0.3) is 32.9 Å². The fourth-order valence-electron chi connectivity index (χ4n) is 11.1. The normalized spacial score (nSPS) is 30.8. The highest BCUT2D eigenvalue weighted by Gasteiger charge is 2.59. The first-order valence-corrected chi connectivity index (χ1v) is 20.4. The highest BCUT2D eigenvalue weighted by molar-refractivity contribution is 6.03. The SMILES string of the molecule is CCc1c(F)ccc2cc(O)cc(-c3nc(OC)c4c(N5CCOC[C@@](C)(O)C5)nc(OC[C@@]56CCCN(C7CC8CCC(C7)O8)C5(C)CCC6)nc4c3F)c12. The number of likely N-dealkylation sites (tertiary alicyclic amines) is 1. The van der Waals surface area contributed by atoms with Gasteiger partial charge in [0.05, 0.1) is 45.7 Å². The van der Waals surface area contributed by atoms with Crippen LogP contribution in [0.4, 0.5) is 14.6 Å². The van der Waals surface area contributed by atoms with Crippen molar-refractivity contribution in [2.75, 3.05) is 51.5 Å². The molecule has 5 atom stereocenters. The largest absolute Gasteiger partial charge is 0.508 e. The van der Waals surface area contributed by atoms with E-state index in [4.69, 9.17) is 28.9 Å². The lowest BCUT2D eigenvalue weighted by Crippen LogP contribution is -2.64. The van der Waals surface area contributed by atoms with Crippen molar-refractivity contribution < 1.29 is 37.9 Å². The molecule has 13 heteroatoms. The Kier molecular flexibility index (Phi) is 9.53. The second kappa shape index (κ2) is 14.2. The maximum Gasteiger partial charge on any atom is 0.319 e. The molecule has 2 aromatic carbocycles. The van der Waals surface area contributed by atoms with Crippen LogP contribution in [0, 0.1) is 17.0 Å². The summed E-state index contributed by atoms with van der Waals surface area (Å²) in [6.45, 7) is 8.30. The number of piperidine rings is 1. The fraction of sp³-hybridized carbons (Fsp3) is 0.605. The first-order chi connectivity index (χ1) is 26.9. The number of aryl methyl sites for hydroxylation is 1. The molecule has 56 heavy (non-hydrogen) atoms. The van der Waals surface area contributed by atoms with Crippen LogP contribution in [0.2, 0.25) is 0 Å². The van der Waals surface area contributed by atoms with Gasteiger partial charge in [0, 0.05) is 29.1 Å². The number of fused-ring (bicyclic) bond motifs is 5. The maximum atomic E-state index is 17.5. The highest BCUT2D eigenvalue weighted by Crippen LogP contribution is 2.57. The topological polar surface area (TPSA) is 123 Å². The van der Waals surface area contributed by atoms with Crippen LogP contribution in [0.1, 0.15) is 84.1 Å². The van der Waals surface area contributed by atoms with Crippen LogP contribution >= 0.6 is 0 Å². The lowest BCUT2D eigenvalue weighted by atomic mass is 9.66. The molecule has 5 aliphatic rings. The third kappa shape index (κ3) is 6.24. The van der Waals surface area contributed by atoms with E-state index in [1.165, 1.54) is 25.3 Å². The van der Waals surface area contributed by atoms with Crippen molar-refractivity contribution in [3.63, 3.8) is 0 Å². The number of β-amino-alcohol motifs (C(OH)–C–C–N with tert-alkyl or cyclic N) is 1. The minimum atomic E-state index is -1.23. The molecular formula is C43H53F2N5O6. The number of phenolic OH excluding ortho intramolecular Hbond substituents is 1. The smallest absolute Gasteiger partial charge is 0.319 e. The number of hydrogen-bond acceptors (Lipinski definition) is 11. The van der Waals surface area contributed by atoms with Gasteiger partial charge in [0.15, 0.2) is 5.82 Å². The Hall–Kier alpha value is -3.91. The molecule has 300 valence electrons. The Morgan fingerprint density at radius 2 is 1.77 bits per heavy atom. The number of ether oxygens (including phenoxy) is 4. The molecule has 2 N–H and O–H groups in total. The Bertz CT molecular complexity index is 2160. The fourth-order valence-corrected chi connectivity index (χ4v) is 11.1. The van der Waals surface area contributed by atoms with Gasteiger partial charge in [0.25, 0.3) is 0 Å². The second-order valence-corrected chi connectivity index (χ2v) is 17.4. The van der Waals surface area contributed by atoms with E-state index < -0.39 is 17.2 Å². The van der Waals surface area contributed by atoms with E-state index in [1.54, 1.807) is 13.0 Å². The van der Waals surface area contributed by atoms with Crippen molar-refractivity contribution in [1.29, 1.82) is 0 Å². The third-order valence-corrected chi connectivity index (χ3v) is 13.8. The number of nitrogens with zero attached hydrogens (tertiary/aromatic N) is 5. The minimum Gasteiger partial charge on any atom is -0.508 e. The van der Waals surface area contributed by atoms with Gasteiger partial charge in [-0.3, -0.25) is 4.90 Å². The predicted octanol–water partition coefficient (Wildman–Crippen LogP) is 7.10. The number of anilines is 1. The zero-order chi connectivity index (χ0) is 39.0. The summed E-state index contributed by atoms with van der Waals surface area (Å²) < 4.78 is 57.3. The number of phenols is 1. The second-order valence-electron chi connectivity index (χ2n) is 17.4. The number of halogens is 2. The van der Waals surface area contributed by atoms with Gasteiger partial charge in [0.1, 0.15) is 39.6 Å². The van der Waals surface area contributed by atoms with Gasteiger partial charge < -0.3 is 34.1 Å². The Labute approximate surface area is 326 Å². The molecule has 4 aromatic rings. The van der Waals surface area contributed by atoms with E-state index in [0.29, 0.717) is 66.6 Å². The number of methoxy groups -OCH3 is 1. The average Bonchev–Trinajstić information content (AvgIpc) is 3.64. The van der Waals surface area contributed by atoms with E-state index in [1.807, 2.05) is 11.8 Å². The van der Waals surface area contributed by atoms with Gasteiger partial charge >= 0.3 is 6.01 Å². The van der Waals surface area contributed by atoms with Gasteiger partial charge in [-0.05, 0) is 113 Å². The molecule has 6 heterocycles. The summed E-state index contributed by atoms with van der Waals surface area (Å²) in [5.41, 5.74) is -1.10. The van der Waals surface area contributed by atoms with Gasteiger partial charge in [-0.15, -0.1) is 0 Å². The quantitative estimate of drug-likeness (QED) is 0.191. The average molecular weight is 774 g/mol. The predicted molar refractivity (Wildman–Crippen MR) is 208 cm³/mol. The molecule has 11 nitrogen and oxygen atoms in total. The van der Waals surface area contributed by atoms with Gasteiger partial charge in [-0.25, -0.2) is 13.8 Å².